The summed E-state index contributed by atoms with van der Waals surface area (Å²) < 4.78 is 27.6. The number of imide groups is 1. The van der Waals surface area contributed by atoms with E-state index < -0.39 is 21.8 Å². The van der Waals surface area contributed by atoms with E-state index in [1.54, 1.807) is 42.7 Å². The number of nitrogens with zero attached hydrogens (tertiary/aromatic N) is 3. The summed E-state index contributed by atoms with van der Waals surface area (Å²) in [5, 5.41) is 0. The maximum Gasteiger partial charge on any atom is 0.280 e. The summed E-state index contributed by atoms with van der Waals surface area (Å²) in [5.41, 5.74) is 1.12. The van der Waals surface area contributed by atoms with E-state index in [0.717, 1.165) is 21.8 Å². The average molecular weight is 414 g/mol. The number of rotatable bonds is 6. The lowest BCUT2D eigenvalue weighted by Gasteiger charge is -2.11. The van der Waals surface area contributed by atoms with Crippen molar-refractivity contribution in [2.75, 3.05) is 0 Å². The summed E-state index contributed by atoms with van der Waals surface area (Å²) in [5.74, 6) is -0.909. The molecule has 0 aromatic carbocycles. The Morgan fingerprint density at radius 2 is 1.86 bits per heavy atom. The number of carbonyl (C=O) groups excluding carboxylic acids is 2. The molecule has 1 aliphatic heterocycles. The van der Waals surface area contributed by atoms with Crippen molar-refractivity contribution in [1.82, 2.24) is 19.6 Å². The summed E-state index contributed by atoms with van der Waals surface area (Å²) in [7, 11) is -3.71. The first-order chi connectivity index (χ1) is 13.5. The summed E-state index contributed by atoms with van der Waals surface area (Å²) in [6, 6.07) is 9.70. The molecule has 0 radical (unpaired) electrons. The summed E-state index contributed by atoms with van der Waals surface area (Å²) in [6.45, 7) is 0.115. The standard InChI is InChI=1S/C18H14N4O4S2/c23-17-14-4-2-8-20-16(14)18(24)22(17)11-13-5-6-15(27-13)28(25,26)21-10-12-3-1-7-19-9-12/h1-9,21H,10-11H2. The van der Waals surface area contributed by atoms with Crippen LogP contribution in [0, 0.1) is 0 Å². The van der Waals surface area contributed by atoms with E-state index in [-0.39, 0.29) is 28.6 Å². The highest BCUT2D eigenvalue weighted by molar-refractivity contribution is 7.91. The van der Waals surface area contributed by atoms with E-state index in [4.69, 9.17) is 0 Å². The van der Waals surface area contributed by atoms with Crippen LogP contribution in [0.15, 0.2) is 59.2 Å². The lowest BCUT2D eigenvalue weighted by atomic mass is 10.2. The summed E-state index contributed by atoms with van der Waals surface area (Å²) >= 11 is 1.01. The number of carbonyl (C=O) groups is 2. The molecule has 1 aliphatic rings. The van der Waals surface area contributed by atoms with Crippen molar-refractivity contribution in [3.8, 4) is 0 Å². The molecule has 28 heavy (non-hydrogen) atoms. The zero-order valence-corrected chi connectivity index (χ0v) is 16.0. The third-order valence-corrected chi connectivity index (χ3v) is 7.10. The predicted octanol–water partition coefficient (Wildman–Crippen LogP) is 1.81. The van der Waals surface area contributed by atoms with Crippen LogP contribution in [0.3, 0.4) is 0 Å². The number of aromatic nitrogens is 2. The molecule has 0 saturated carbocycles. The quantitative estimate of drug-likeness (QED) is 0.616. The Hall–Kier alpha value is -2.95. The minimum absolute atomic E-state index is 0.00316. The van der Waals surface area contributed by atoms with Gasteiger partial charge in [0.2, 0.25) is 10.0 Å². The molecular weight excluding hydrogens is 400 g/mol. The number of hydrogen-bond donors (Lipinski definition) is 1. The van der Waals surface area contributed by atoms with E-state index >= 15 is 0 Å². The second-order valence-corrected chi connectivity index (χ2v) is 9.16. The van der Waals surface area contributed by atoms with Crippen LogP contribution in [0.2, 0.25) is 0 Å². The Kier molecular flexibility index (Phi) is 4.75. The van der Waals surface area contributed by atoms with E-state index in [9.17, 15) is 18.0 Å². The van der Waals surface area contributed by atoms with Crippen LogP contribution in [-0.2, 0) is 23.1 Å². The number of pyridine rings is 2. The molecule has 0 unspecified atom stereocenters. The zero-order chi connectivity index (χ0) is 19.7. The molecule has 0 fully saturated rings. The van der Waals surface area contributed by atoms with Gasteiger partial charge in [0.25, 0.3) is 11.8 Å². The van der Waals surface area contributed by atoms with E-state index in [2.05, 4.69) is 14.7 Å². The SMILES string of the molecule is O=C1c2cccnc2C(=O)N1Cc1ccc(S(=O)(=O)NCc2cccnc2)s1. The van der Waals surface area contributed by atoms with E-state index in [1.807, 2.05) is 0 Å². The fraction of sp³-hybridized carbons (Fsp3) is 0.111. The number of fused-ring (bicyclic) bond motifs is 1. The van der Waals surface area contributed by atoms with Gasteiger partial charge in [0.1, 0.15) is 9.90 Å². The van der Waals surface area contributed by atoms with Crippen molar-refractivity contribution < 1.29 is 18.0 Å². The Bertz CT molecular complexity index is 1120. The van der Waals surface area contributed by atoms with Gasteiger partial charge in [0.05, 0.1) is 12.1 Å². The highest BCUT2D eigenvalue weighted by Crippen LogP contribution is 2.27. The van der Waals surface area contributed by atoms with E-state index in [0.29, 0.717) is 4.88 Å². The van der Waals surface area contributed by atoms with Crippen LogP contribution in [-0.4, -0.2) is 35.1 Å². The fourth-order valence-electron chi connectivity index (χ4n) is 2.75. The Morgan fingerprint density at radius 1 is 1.04 bits per heavy atom. The third-order valence-electron chi connectivity index (χ3n) is 4.14. The van der Waals surface area contributed by atoms with Gasteiger partial charge in [0.15, 0.2) is 0 Å². The number of amides is 2. The van der Waals surface area contributed by atoms with Crippen LogP contribution in [0.1, 0.15) is 31.3 Å². The van der Waals surface area contributed by atoms with Crippen molar-refractivity contribution >= 4 is 33.2 Å². The number of sulfonamides is 1. The first kappa shape index (κ1) is 18.4. The minimum Gasteiger partial charge on any atom is -0.268 e. The van der Waals surface area contributed by atoms with Gasteiger partial charge in [-0.15, -0.1) is 11.3 Å². The van der Waals surface area contributed by atoms with Gasteiger partial charge in [-0.25, -0.2) is 13.1 Å². The molecule has 1 N–H and O–H groups in total. The number of thiophene rings is 1. The van der Waals surface area contributed by atoms with Crippen LogP contribution in [0.4, 0.5) is 0 Å². The van der Waals surface area contributed by atoms with Crippen LogP contribution in [0.5, 0.6) is 0 Å². The Morgan fingerprint density at radius 3 is 2.61 bits per heavy atom. The highest BCUT2D eigenvalue weighted by atomic mass is 32.2. The van der Waals surface area contributed by atoms with Gasteiger partial charge in [0, 0.05) is 30.0 Å². The second kappa shape index (κ2) is 7.23. The number of hydrogen-bond acceptors (Lipinski definition) is 7. The highest BCUT2D eigenvalue weighted by Gasteiger charge is 2.36. The molecular formula is C18H14N4O4S2. The second-order valence-electron chi connectivity index (χ2n) is 6.00. The van der Waals surface area contributed by atoms with Gasteiger partial charge < -0.3 is 0 Å². The molecule has 0 saturated heterocycles. The summed E-state index contributed by atoms with van der Waals surface area (Å²) in [4.78, 5) is 34.4. The largest absolute Gasteiger partial charge is 0.280 e. The molecule has 0 atom stereocenters. The van der Waals surface area contributed by atoms with Gasteiger partial charge in [-0.1, -0.05) is 6.07 Å². The van der Waals surface area contributed by atoms with Gasteiger partial charge in [-0.2, -0.15) is 0 Å². The monoisotopic (exact) mass is 414 g/mol. The maximum atomic E-state index is 12.5. The molecule has 0 bridgehead atoms. The molecule has 4 heterocycles. The number of nitrogens with one attached hydrogen (secondary N) is 1. The van der Waals surface area contributed by atoms with Crippen LogP contribution in [0.25, 0.3) is 0 Å². The molecule has 0 aliphatic carbocycles. The molecule has 4 rings (SSSR count). The Balaban J connectivity index is 1.48. The minimum atomic E-state index is -3.71. The van der Waals surface area contributed by atoms with Gasteiger partial charge in [-0.3, -0.25) is 24.5 Å². The van der Waals surface area contributed by atoms with E-state index in [1.165, 1.54) is 12.3 Å². The first-order valence-corrected chi connectivity index (χ1v) is 10.5. The molecule has 3 aromatic rings. The molecule has 142 valence electrons. The molecule has 8 nitrogen and oxygen atoms in total. The molecule has 3 aromatic heterocycles. The molecule has 10 heteroatoms. The van der Waals surface area contributed by atoms with Crippen molar-refractivity contribution in [1.29, 1.82) is 0 Å². The van der Waals surface area contributed by atoms with Gasteiger partial charge >= 0.3 is 0 Å². The third kappa shape index (κ3) is 3.44. The van der Waals surface area contributed by atoms with Crippen LogP contribution < -0.4 is 4.72 Å². The molecule has 0 spiro atoms. The fourth-order valence-corrected chi connectivity index (χ4v) is 5.16. The van der Waals surface area contributed by atoms with Crippen molar-refractivity contribution in [2.24, 2.45) is 0 Å². The van der Waals surface area contributed by atoms with Crippen molar-refractivity contribution in [2.45, 2.75) is 17.3 Å². The normalized spacial score (nSPS) is 13.8. The van der Waals surface area contributed by atoms with Crippen molar-refractivity contribution in [3.63, 3.8) is 0 Å². The van der Waals surface area contributed by atoms with Gasteiger partial charge in [-0.05, 0) is 35.9 Å². The summed E-state index contributed by atoms with van der Waals surface area (Å²) in [6.07, 6.45) is 4.65. The maximum absolute atomic E-state index is 12.5. The smallest absolute Gasteiger partial charge is 0.268 e. The lowest BCUT2D eigenvalue weighted by Crippen LogP contribution is -2.28. The van der Waals surface area contributed by atoms with Crippen molar-refractivity contribution in [3.05, 3.63) is 76.7 Å². The first-order valence-electron chi connectivity index (χ1n) is 8.24. The lowest BCUT2D eigenvalue weighted by molar-refractivity contribution is 0.0642. The average Bonchev–Trinajstić information content (AvgIpc) is 3.28. The zero-order valence-electron chi connectivity index (χ0n) is 14.4. The van der Waals surface area contributed by atoms with Crippen LogP contribution >= 0.6 is 11.3 Å². The molecule has 2 amide bonds. The Labute approximate surface area is 164 Å². The topological polar surface area (TPSA) is 109 Å². The predicted molar refractivity (Wildman–Crippen MR) is 101 cm³/mol.